The molecular weight excluding hydrogens is 316 g/mol. The summed E-state index contributed by atoms with van der Waals surface area (Å²) in [5.41, 5.74) is 3.07. The molecule has 1 fully saturated rings. The number of nitrogens with one attached hydrogen (secondary N) is 1. The first kappa shape index (κ1) is 16.0. The van der Waals surface area contributed by atoms with Gasteiger partial charge in [-0.2, -0.15) is 0 Å². The number of carbonyl (C=O) groups excluding carboxylic acids is 1. The van der Waals surface area contributed by atoms with Crippen LogP contribution in [-0.4, -0.2) is 41.7 Å². The van der Waals surface area contributed by atoms with Crippen LogP contribution in [0, 0.1) is 0 Å². The Hall–Kier alpha value is -2.47. The van der Waals surface area contributed by atoms with Crippen molar-refractivity contribution in [1.82, 2.24) is 15.3 Å². The van der Waals surface area contributed by atoms with Crippen molar-refractivity contribution in [2.75, 3.05) is 24.6 Å². The van der Waals surface area contributed by atoms with Crippen molar-refractivity contribution in [1.29, 1.82) is 0 Å². The molecular formula is C19H22N4O2. The Kier molecular flexibility index (Phi) is 4.61. The van der Waals surface area contributed by atoms with Crippen LogP contribution in [0.2, 0.25) is 0 Å². The molecule has 3 heterocycles. The van der Waals surface area contributed by atoms with Crippen LogP contribution in [0.1, 0.15) is 34.5 Å². The molecule has 2 aliphatic heterocycles. The van der Waals surface area contributed by atoms with Gasteiger partial charge in [0.05, 0.1) is 18.5 Å². The van der Waals surface area contributed by atoms with Crippen molar-refractivity contribution in [3.05, 3.63) is 53.5 Å². The average Bonchev–Trinajstić information content (AvgIpc) is 3.19. The SMILES string of the molecule is O=C(NCC1CCCO1)c1cnc(N2CCc3ccccc3C2)cn1. The minimum Gasteiger partial charge on any atom is -0.376 e. The number of aromatic nitrogens is 2. The van der Waals surface area contributed by atoms with E-state index >= 15 is 0 Å². The van der Waals surface area contributed by atoms with Gasteiger partial charge in [0.25, 0.3) is 5.91 Å². The van der Waals surface area contributed by atoms with E-state index in [1.54, 1.807) is 12.4 Å². The van der Waals surface area contributed by atoms with Crippen LogP contribution in [0.15, 0.2) is 36.7 Å². The first-order valence-corrected chi connectivity index (χ1v) is 8.83. The minimum atomic E-state index is -0.196. The van der Waals surface area contributed by atoms with Crippen molar-refractivity contribution in [2.45, 2.75) is 31.9 Å². The fourth-order valence-electron chi connectivity index (χ4n) is 3.40. The fourth-order valence-corrected chi connectivity index (χ4v) is 3.40. The second kappa shape index (κ2) is 7.19. The smallest absolute Gasteiger partial charge is 0.271 e. The van der Waals surface area contributed by atoms with E-state index in [4.69, 9.17) is 4.74 Å². The summed E-state index contributed by atoms with van der Waals surface area (Å²) in [5, 5.41) is 2.87. The van der Waals surface area contributed by atoms with Gasteiger partial charge in [-0.25, -0.2) is 9.97 Å². The zero-order valence-electron chi connectivity index (χ0n) is 14.1. The normalized spacial score (nSPS) is 19.5. The summed E-state index contributed by atoms with van der Waals surface area (Å²) >= 11 is 0. The van der Waals surface area contributed by atoms with E-state index in [2.05, 4.69) is 44.5 Å². The Bertz CT molecular complexity index is 741. The molecule has 1 N–H and O–H groups in total. The van der Waals surface area contributed by atoms with Crippen molar-refractivity contribution >= 4 is 11.7 Å². The molecule has 0 aliphatic carbocycles. The number of nitrogens with zero attached hydrogens (tertiary/aromatic N) is 3. The summed E-state index contributed by atoms with van der Waals surface area (Å²) < 4.78 is 5.51. The standard InChI is InChI=1S/C19H22N4O2/c24-19(22-10-16-6-3-9-25-16)17-11-21-18(12-20-17)23-8-7-14-4-1-2-5-15(14)13-23/h1-2,4-5,11-12,16H,3,6-10,13H2,(H,22,24). The third kappa shape index (κ3) is 3.64. The number of ether oxygens (including phenoxy) is 1. The van der Waals surface area contributed by atoms with Gasteiger partial charge in [-0.3, -0.25) is 4.79 Å². The molecule has 0 radical (unpaired) electrons. The Balaban J connectivity index is 1.37. The van der Waals surface area contributed by atoms with Gasteiger partial charge in [0.2, 0.25) is 0 Å². The topological polar surface area (TPSA) is 67.3 Å². The monoisotopic (exact) mass is 338 g/mol. The van der Waals surface area contributed by atoms with Gasteiger partial charge < -0.3 is 15.0 Å². The van der Waals surface area contributed by atoms with Crippen LogP contribution in [0.4, 0.5) is 5.82 Å². The van der Waals surface area contributed by atoms with E-state index in [1.165, 1.54) is 11.1 Å². The second-order valence-electron chi connectivity index (χ2n) is 6.55. The molecule has 25 heavy (non-hydrogen) atoms. The lowest BCUT2D eigenvalue weighted by molar-refractivity contribution is 0.0853. The van der Waals surface area contributed by atoms with Gasteiger partial charge in [-0.1, -0.05) is 24.3 Å². The Morgan fingerprint density at radius 3 is 2.88 bits per heavy atom. The predicted octanol–water partition coefficient (Wildman–Crippen LogP) is 1.95. The number of carbonyl (C=O) groups is 1. The first-order chi connectivity index (χ1) is 12.3. The van der Waals surface area contributed by atoms with Crippen LogP contribution in [-0.2, 0) is 17.7 Å². The van der Waals surface area contributed by atoms with Crippen molar-refractivity contribution in [3.8, 4) is 0 Å². The van der Waals surface area contributed by atoms with Gasteiger partial charge in [0.15, 0.2) is 0 Å². The molecule has 6 heteroatoms. The van der Waals surface area contributed by atoms with Crippen molar-refractivity contribution in [2.24, 2.45) is 0 Å². The van der Waals surface area contributed by atoms with E-state index in [1.807, 2.05) is 0 Å². The number of hydrogen-bond acceptors (Lipinski definition) is 5. The maximum absolute atomic E-state index is 12.2. The maximum Gasteiger partial charge on any atom is 0.271 e. The Labute approximate surface area is 147 Å². The molecule has 1 aromatic heterocycles. The minimum absolute atomic E-state index is 0.129. The van der Waals surface area contributed by atoms with Crippen LogP contribution in [0.25, 0.3) is 0 Å². The third-order valence-electron chi connectivity index (χ3n) is 4.84. The third-order valence-corrected chi connectivity index (χ3v) is 4.84. The highest BCUT2D eigenvalue weighted by Crippen LogP contribution is 2.22. The number of amides is 1. The van der Waals surface area contributed by atoms with E-state index < -0.39 is 0 Å². The highest BCUT2D eigenvalue weighted by molar-refractivity contribution is 5.92. The summed E-state index contributed by atoms with van der Waals surface area (Å²) in [6.45, 7) is 3.06. The van der Waals surface area contributed by atoms with Crippen LogP contribution < -0.4 is 10.2 Å². The lowest BCUT2D eigenvalue weighted by atomic mass is 10.0. The summed E-state index contributed by atoms with van der Waals surface area (Å²) in [4.78, 5) is 23.1. The summed E-state index contributed by atoms with van der Waals surface area (Å²) in [7, 11) is 0. The van der Waals surface area contributed by atoms with Crippen molar-refractivity contribution in [3.63, 3.8) is 0 Å². The molecule has 1 amide bonds. The van der Waals surface area contributed by atoms with Gasteiger partial charge in [0, 0.05) is 26.2 Å². The van der Waals surface area contributed by atoms with E-state index in [0.717, 1.165) is 44.8 Å². The number of rotatable bonds is 4. The summed E-state index contributed by atoms with van der Waals surface area (Å²) in [5.74, 6) is 0.615. The van der Waals surface area contributed by atoms with Gasteiger partial charge >= 0.3 is 0 Å². The summed E-state index contributed by atoms with van der Waals surface area (Å²) in [6.07, 6.45) is 6.44. The molecule has 130 valence electrons. The van der Waals surface area contributed by atoms with Crippen LogP contribution in [0.5, 0.6) is 0 Å². The van der Waals surface area contributed by atoms with Crippen LogP contribution >= 0.6 is 0 Å². The lowest BCUT2D eigenvalue weighted by Crippen LogP contribution is -2.33. The van der Waals surface area contributed by atoms with E-state index in [-0.39, 0.29) is 12.0 Å². The molecule has 4 rings (SSSR count). The quantitative estimate of drug-likeness (QED) is 0.923. The molecule has 1 saturated heterocycles. The highest BCUT2D eigenvalue weighted by atomic mass is 16.5. The predicted molar refractivity (Wildman–Crippen MR) is 94.5 cm³/mol. The van der Waals surface area contributed by atoms with Crippen molar-refractivity contribution < 1.29 is 9.53 Å². The number of fused-ring (bicyclic) bond motifs is 1. The lowest BCUT2D eigenvalue weighted by Gasteiger charge is -2.29. The fraction of sp³-hybridized carbons (Fsp3) is 0.421. The Morgan fingerprint density at radius 1 is 1.24 bits per heavy atom. The van der Waals surface area contributed by atoms with Crippen LogP contribution in [0.3, 0.4) is 0 Å². The largest absolute Gasteiger partial charge is 0.376 e. The molecule has 2 aromatic rings. The van der Waals surface area contributed by atoms with Gasteiger partial charge in [0.1, 0.15) is 11.5 Å². The number of hydrogen-bond donors (Lipinski definition) is 1. The molecule has 1 unspecified atom stereocenters. The molecule has 0 spiro atoms. The first-order valence-electron chi connectivity index (χ1n) is 8.83. The zero-order valence-corrected chi connectivity index (χ0v) is 14.1. The molecule has 0 saturated carbocycles. The molecule has 2 aliphatic rings. The second-order valence-corrected chi connectivity index (χ2v) is 6.55. The highest BCUT2D eigenvalue weighted by Gasteiger charge is 2.19. The van der Waals surface area contributed by atoms with Gasteiger partial charge in [-0.05, 0) is 30.4 Å². The zero-order chi connectivity index (χ0) is 17.1. The van der Waals surface area contributed by atoms with E-state index in [0.29, 0.717) is 12.2 Å². The Morgan fingerprint density at radius 2 is 2.12 bits per heavy atom. The molecule has 1 aromatic carbocycles. The number of anilines is 1. The molecule has 6 nitrogen and oxygen atoms in total. The molecule has 1 atom stereocenters. The average molecular weight is 338 g/mol. The van der Waals surface area contributed by atoms with Gasteiger partial charge in [-0.15, -0.1) is 0 Å². The maximum atomic E-state index is 12.2. The summed E-state index contributed by atoms with van der Waals surface area (Å²) in [6, 6.07) is 8.48. The van der Waals surface area contributed by atoms with E-state index in [9.17, 15) is 4.79 Å². The molecule has 0 bridgehead atoms. The number of benzene rings is 1.